The lowest BCUT2D eigenvalue weighted by atomic mass is 10.1. The van der Waals surface area contributed by atoms with Gasteiger partial charge in [0.05, 0.1) is 10.5 Å². The number of nitrogens with zero attached hydrogens (tertiary/aromatic N) is 5. The molecule has 4 rings (SSSR count). The standard InChI is InChI=1S/C25H26FN5O3S/c1-16(2)24-27-17(3)14-23(28-24)29-10-12-30(13-11-29)25(32)19-15-18(31(33)34)8-9-21(19)35-22-7-5-4-6-20(22)26/h4-9,14-16H,10-13H2,1-3H3. The van der Waals surface area contributed by atoms with Crippen molar-refractivity contribution in [2.45, 2.75) is 36.5 Å². The minimum Gasteiger partial charge on any atom is -0.353 e. The Hall–Kier alpha value is -3.53. The summed E-state index contributed by atoms with van der Waals surface area (Å²) in [7, 11) is 0. The van der Waals surface area contributed by atoms with Crippen LogP contribution in [0, 0.1) is 22.9 Å². The Morgan fingerprint density at radius 2 is 1.77 bits per heavy atom. The van der Waals surface area contributed by atoms with Gasteiger partial charge >= 0.3 is 0 Å². The number of hydrogen-bond acceptors (Lipinski definition) is 7. The molecule has 0 bridgehead atoms. The van der Waals surface area contributed by atoms with Gasteiger partial charge in [0, 0.05) is 65.8 Å². The van der Waals surface area contributed by atoms with Crippen molar-refractivity contribution in [1.82, 2.24) is 14.9 Å². The quantitative estimate of drug-likeness (QED) is 0.348. The molecule has 2 heterocycles. The van der Waals surface area contributed by atoms with Crippen LogP contribution in [0.1, 0.15) is 41.6 Å². The average molecular weight is 496 g/mol. The van der Waals surface area contributed by atoms with E-state index in [0.717, 1.165) is 29.1 Å². The minimum atomic E-state index is -0.532. The summed E-state index contributed by atoms with van der Waals surface area (Å²) in [6, 6.07) is 12.3. The molecule has 1 saturated heterocycles. The number of benzene rings is 2. The molecule has 182 valence electrons. The maximum absolute atomic E-state index is 14.2. The molecular weight excluding hydrogens is 469 g/mol. The summed E-state index contributed by atoms with van der Waals surface area (Å²) in [6.45, 7) is 8.05. The number of carbonyl (C=O) groups is 1. The van der Waals surface area contributed by atoms with E-state index < -0.39 is 10.7 Å². The number of hydrogen-bond donors (Lipinski definition) is 0. The molecule has 0 N–H and O–H groups in total. The highest BCUT2D eigenvalue weighted by Gasteiger charge is 2.27. The van der Waals surface area contributed by atoms with Gasteiger partial charge in [-0.1, -0.05) is 37.7 Å². The molecule has 2 aromatic carbocycles. The van der Waals surface area contributed by atoms with E-state index in [4.69, 9.17) is 0 Å². The van der Waals surface area contributed by atoms with E-state index in [-0.39, 0.29) is 23.1 Å². The first-order chi connectivity index (χ1) is 16.7. The Labute approximate surface area is 207 Å². The SMILES string of the molecule is Cc1cc(N2CCN(C(=O)c3cc([N+](=O)[O-])ccc3Sc3ccccc3F)CC2)nc(C(C)C)n1. The van der Waals surface area contributed by atoms with Crippen LogP contribution in [-0.4, -0.2) is 51.9 Å². The summed E-state index contributed by atoms with van der Waals surface area (Å²) in [5, 5.41) is 11.4. The first-order valence-electron chi connectivity index (χ1n) is 11.3. The predicted octanol–water partition coefficient (Wildman–Crippen LogP) is 5.07. The largest absolute Gasteiger partial charge is 0.353 e. The number of piperazine rings is 1. The number of non-ortho nitro benzene ring substituents is 1. The predicted molar refractivity (Wildman–Crippen MR) is 133 cm³/mol. The molecule has 0 atom stereocenters. The van der Waals surface area contributed by atoms with Crippen LogP contribution in [0.2, 0.25) is 0 Å². The highest BCUT2D eigenvalue weighted by atomic mass is 32.2. The maximum Gasteiger partial charge on any atom is 0.270 e. The van der Waals surface area contributed by atoms with E-state index in [1.165, 1.54) is 24.3 Å². The third-order valence-corrected chi connectivity index (χ3v) is 6.85. The molecule has 0 spiro atoms. The third-order valence-electron chi connectivity index (χ3n) is 5.73. The summed E-state index contributed by atoms with van der Waals surface area (Å²) in [4.78, 5) is 38.1. The summed E-state index contributed by atoms with van der Waals surface area (Å²) in [5.74, 6) is 1.10. The van der Waals surface area contributed by atoms with Gasteiger partial charge in [-0.25, -0.2) is 14.4 Å². The van der Waals surface area contributed by atoms with Gasteiger partial charge in [-0.3, -0.25) is 14.9 Å². The van der Waals surface area contributed by atoms with Crippen molar-refractivity contribution in [3.8, 4) is 0 Å². The number of carbonyl (C=O) groups excluding carboxylic acids is 1. The number of nitro groups is 1. The van der Waals surface area contributed by atoms with Gasteiger partial charge in [0.1, 0.15) is 17.5 Å². The van der Waals surface area contributed by atoms with Gasteiger partial charge in [-0.15, -0.1) is 0 Å². The van der Waals surface area contributed by atoms with Crippen molar-refractivity contribution in [2.24, 2.45) is 0 Å². The Balaban J connectivity index is 1.55. The first kappa shape index (κ1) is 24.6. The summed E-state index contributed by atoms with van der Waals surface area (Å²) >= 11 is 1.08. The minimum absolute atomic E-state index is 0.178. The highest BCUT2D eigenvalue weighted by Crippen LogP contribution is 2.35. The number of anilines is 1. The van der Waals surface area contributed by atoms with E-state index in [9.17, 15) is 19.3 Å². The molecule has 0 saturated carbocycles. The number of halogens is 1. The molecule has 1 aliphatic heterocycles. The Kier molecular flexibility index (Phi) is 7.30. The van der Waals surface area contributed by atoms with Gasteiger partial charge < -0.3 is 9.80 Å². The lowest BCUT2D eigenvalue weighted by Crippen LogP contribution is -2.49. The van der Waals surface area contributed by atoms with Crippen molar-refractivity contribution in [2.75, 3.05) is 31.1 Å². The van der Waals surface area contributed by atoms with E-state index in [1.54, 1.807) is 23.1 Å². The number of aryl methyl sites for hydroxylation is 1. The van der Waals surface area contributed by atoms with Gasteiger partial charge in [-0.2, -0.15) is 0 Å². The lowest BCUT2D eigenvalue weighted by Gasteiger charge is -2.36. The van der Waals surface area contributed by atoms with Crippen LogP contribution in [-0.2, 0) is 0 Å². The van der Waals surface area contributed by atoms with Crippen molar-refractivity contribution in [3.05, 3.63) is 81.5 Å². The van der Waals surface area contributed by atoms with E-state index >= 15 is 0 Å². The normalized spacial score (nSPS) is 13.9. The topological polar surface area (TPSA) is 92.5 Å². The van der Waals surface area contributed by atoms with Gasteiger partial charge in [0.25, 0.3) is 11.6 Å². The van der Waals surface area contributed by atoms with Crippen molar-refractivity contribution in [1.29, 1.82) is 0 Å². The van der Waals surface area contributed by atoms with Crippen LogP contribution in [0.4, 0.5) is 15.9 Å². The fraction of sp³-hybridized carbons (Fsp3) is 0.320. The Morgan fingerprint density at radius 1 is 1.06 bits per heavy atom. The molecule has 35 heavy (non-hydrogen) atoms. The van der Waals surface area contributed by atoms with Crippen LogP contribution < -0.4 is 4.90 Å². The molecule has 10 heteroatoms. The zero-order valence-corrected chi connectivity index (χ0v) is 20.6. The van der Waals surface area contributed by atoms with Gasteiger partial charge in [0.2, 0.25) is 0 Å². The molecule has 3 aromatic rings. The van der Waals surface area contributed by atoms with Gasteiger partial charge in [0.15, 0.2) is 0 Å². The number of nitro benzene ring substituents is 1. The van der Waals surface area contributed by atoms with Crippen LogP contribution >= 0.6 is 11.8 Å². The first-order valence-corrected chi connectivity index (χ1v) is 12.1. The summed E-state index contributed by atoms with van der Waals surface area (Å²) in [6.07, 6.45) is 0. The molecule has 1 amide bonds. The monoisotopic (exact) mass is 495 g/mol. The molecule has 1 aliphatic rings. The summed E-state index contributed by atoms with van der Waals surface area (Å²) < 4.78 is 14.2. The number of amides is 1. The van der Waals surface area contributed by atoms with E-state index in [1.807, 2.05) is 26.8 Å². The fourth-order valence-electron chi connectivity index (χ4n) is 3.84. The molecular formula is C25H26FN5O3S. The molecule has 1 fully saturated rings. The van der Waals surface area contributed by atoms with Crippen molar-refractivity contribution >= 4 is 29.2 Å². The van der Waals surface area contributed by atoms with E-state index in [2.05, 4.69) is 14.9 Å². The molecule has 0 unspecified atom stereocenters. The second-order valence-corrected chi connectivity index (χ2v) is 9.71. The number of rotatable bonds is 6. The second kappa shape index (κ2) is 10.4. The van der Waals surface area contributed by atoms with Gasteiger partial charge in [-0.05, 0) is 25.1 Å². The molecule has 8 nitrogen and oxygen atoms in total. The van der Waals surface area contributed by atoms with Crippen LogP contribution in [0.25, 0.3) is 0 Å². The Morgan fingerprint density at radius 3 is 2.43 bits per heavy atom. The maximum atomic E-state index is 14.2. The number of aromatic nitrogens is 2. The zero-order chi connectivity index (χ0) is 25.1. The molecule has 0 radical (unpaired) electrons. The summed E-state index contributed by atoms with van der Waals surface area (Å²) in [5.41, 5.74) is 0.909. The lowest BCUT2D eigenvalue weighted by molar-refractivity contribution is -0.384. The second-order valence-electron chi connectivity index (χ2n) is 8.63. The highest BCUT2D eigenvalue weighted by molar-refractivity contribution is 7.99. The van der Waals surface area contributed by atoms with E-state index in [0.29, 0.717) is 36.0 Å². The van der Waals surface area contributed by atoms with Crippen molar-refractivity contribution < 1.29 is 14.1 Å². The van der Waals surface area contributed by atoms with Crippen LogP contribution in [0.3, 0.4) is 0 Å². The van der Waals surface area contributed by atoms with Crippen LogP contribution in [0.5, 0.6) is 0 Å². The average Bonchev–Trinajstić information content (AvgIpc) is 2.84. The zero-order valence-electron chi connectivity index (χ0n) is 19.8. The van der Waals surface area contributed by atoms with Crippen LogP contribution in [0.15, 0.2) is 58.3 Å². The Bertz CT molecular complexity index is 1260. The van der Waals surface area contributed by atoms with Crippen molar-refractivity contribution in [3.63, 3.8) is 0 Å². The fourth-order valence-corrected chi connectivity index (χ4v) is 4.78. The molecule has 1 aromatic heterocycles. The smallest absolute Gasteiger partial charge is 0.270 e. The third kappa shape index (κ3) is 5.59. The molecule has 0 aliphatic carbocycles.